The van der Waals surface area contributed by atoms with Crippen LogP contribution in [0.3, 0.4) is 0 Å². The first-order valence-corrected chi connectivity index (χ1v) is 10.5. The predicted molar refractivity (Wildman–Crippen MR) is 130 cm³/mol. The van der Waals surface area contributed by atoms with Crippen molar-refractivity contribution in [3.8, 4) is 28.7 Å². The van der Waals surface area contributed by atoms with E-state index in [1.165, 1.54) is 5.56 Å². The maximum Gasteiger partial charge on any atom is 0.231 e. The van der Waals surface area contributed by atoms with E-state index >= 15 is 0 Å². The van der Waals surface area contributed by atoms with Crippen molar-refractivity contribution in [2.75, 3.05) is 60.3 Å². The zero-order chi connectivity index (χ0) is 21.6. The number of nitrogens with zero attached hydrogens (tertiary/aromatic N) is 2. The van der Waals surface area contributed by atoms with Gasteiger partial charge < -0.3 is 28.8 Å². The van der Waals surface area contributed by atoms with Gasteiger partial charge in [-0.3, -0.25) is 9.80 Å². The Hall–Kier alpha value is -2.10. The first-order valence-electron chi connectivity index (χ1n) is 10.5. The van der Waals surface area contributed by atoms with Crippen molar-refractivity contribution < 1.29 is 28.8 Å². The summed E-state index contributed by atoms with van der Waals surface area (Å²) in [5.41, 5.74) is 1.22. The second kappa shape index (κ2) is 13.0. The molecule has 0 aromatic heterocycles. The third-order valence-electron chi connectivity index (χ3n) is 5.58. The van der Waals surface area contributed by atoms with Crippen LogP contribution in [0, 0.1) is 0 Å². The van der Waals surface area contributed by atoms with Gasteiger partial charge in [0.05, 0.1) is 14.2 Å². The molecule has 0 amide bonds. The molecule has 33 heavy (non-hydrogen) atoms. The van der Waals surface area contributed by atoms with E-state index in [1.54, 1.807) is 14.2 Å². The molecule has 0 spiro atoms. The van der Waals surface area contributed by atoms with Crippen molar-refractivity contribution in [1.29, 1.82) is 0 Å². The van der Waals surface area contributed by atoms with Gasteiger partial charge in [-0.05, 0) is 29.8 Å². The molecular formula is C23H32Cl2N2O6. The summed E-state index contributed by atoms with van der Waals surface area (Å²) in [6, 6.07) is 11.6. The van der Waals surface area contributed by atoms with Crippen molar-refractivity contribution in [3.63, 3.8) is 0 Å². The van der Waals surface area contributed by atoms with Gasteiger partial charge in [-0.25, -0.2) is 0 Å². The number of fused-ring (bicyclic) bond motifs is 1. The summed E-state index contributed by atoms with van der Waals surface area (Å²) < 4.78 is 27.4. The molecule has 10 heteroatoms. The number of piperazine rings is 1. The summed E-state index contributed by atoms with van der Waals surface area (Å²) in [5, 5.41) is 10.5. The summed E-state index contributed by atoms with van der Waals surface area (Å²) in [6.07, 6.45) is -0.602. The second-order valence-corrected chi connectivity index (χ2v) is 7.72. The van der Waals surface area contributed by atoms with Gasteiger partial charge >= 0.3 is 0 Å². The van der Waals surface area contributed by atoms with Crippen molar-refractivity contribution in [1.82, 2.24) is 9.80 Å². The lowest BCUT2D eigenvalue weighted by molar-refractivity contribution is 0.0434. The van der Waals surface area contributed by atoms with E-state index in [-0.39, 0.29) is 31.4 Å². The number of hydrogen-bond donors (Lipinski definition) is 1. The Morgan fingerprint density at radius 1 is 0.909 bits per heavy atom. The standard InChI is InChI=1S/C23H30N2O6.2ClH/c1-27-20-4-3-5-21(28-2)23(20)29-15-18(26)14-25-10-8-24(9-11-25)13-17-6-7-19-22(12-17)31-16-30-19;;/h3-7,12,18,26H,8-11,13-16H2,1-2H3;2*1H. The third kappa shape index (κ3) is 6.94. The first kappa shape index (κ1) is 27.1. The van der Waals surface area contributed by atoms with Crippen LogP contribution in [0.4, 0.5) is 0 Å². The average molecular weight is 503 g/mol. The summed E-state index contributed by atoms with van der Waals surface area (Å²) in [4.78, 5) is 4.68. The molecule has 1 unspecified atom stereocenters. The quantitative estimate of drug-likeness (QED) is 0.561. The number of aliphatic hydroxyl groups is 1. The predicted octanol–water partition coefficient (Wildman–Crippen LogP) is 2.83. The molecule has 2 aliphatic heterocycles. The summed E-state index contributed by atoms with van der Waals surface area (Å²) >= 11 is 0. The normalized spacial score (nSPS) is 16.3. The van der Waals surface area contributed by atoms with Crippen LogP contribution in [-0.2, 0) is 6.54 Å². The zero-order valence-corrected chi connectivity index (χ0v) is 20.5. The van der Waals surface area contributed by atoms with Gasteiger partial charge in [0.15, 0.2) is 23.0 Å². The molecule has 4 rings (SSSR count). The first-order chi connectivity index (χ1) is 15.2. The van der Waals surface area contributed by atoms with Crippen molar-refractivity contribution in [3.05, 3.63) is 42.0 Å². The van der Waals surface area contributed by atoms with Gasteiger partial charge in [-0.15, -0.1) is 24.8 Å². The molecule has 2 aromatic rings. The number of hydrogen-bond acceptors (Lipinski definition) is 8. The number of rotatable bonds is 9. The van der Waals surface area contributed by atoms with Crippen LogP contribution in [0.1, 0.15) is 5.56 Å². The number of ether oxygens (including phenoxy) is 5. The van der Waals surface area contributed by atoms with E-state index in [0.717, 1.165) is 44.2 Å². The molecule has 1 N–H and O–H groups in total. The molecule has 8 nitrogen and oxygen atoms in total. The number of benzene rings is 2. The monoisotopic (exact) mass is 502 g/mol. The van der Waals surface area contributed by atoms with Crippen LogP contribution in [0.5, 0.6) is 28.7 Å². The molecule has 0 aliphatic carbocycles. The Bertz CT molecular complexity index is 858. The van der Waals surface area contributed by atoms with E-state index in [0.29, 0.717) is 30.6 Å². The molecule has 2 aliphatic rings. The second-order valence-electron chi connectivity index (χ2n) is 7.72. The van der Waals surface area contributed by atoms with Gasteiger partial charge in [0, 0.05) is 39.3 Å². The Morgan fingerprint density at radius 2 is 1.55 bits per heavy atom. The zero-order valence-electron chi connectivity index (χ0n) is 18.9. The number of β-amino-alcohol motifs (C(OH)–C–C–N with tert-alkyl or cyclic N) is 1. The highest BCUT2D eigenvalue weighted by molar-refractivity contribution is 5.85. The average Bonchev–Trinajstić information content (AvgIpc) is 3.26. The van der Waals surface area contributed by atoms with Gasteiger partial charge in [0.25, 0.3) is 0 Å². The molecule has 0 bridgehead atoms. The minimum absolute atomic E-state index is 0. The van der Waals surface area contributed by atoms with Crippen LogP contribution in [0.2, 0.25) is 0 Å². The highest BCUT2D eigenvalue weighted by atomic mass is 35.5. The lowest BCUT2D eigenvalue weighted by Gasteiger charge is -2.35. The lowest BCUT2D eigenvalue weighted by Crippen LogP contribution is -2.48. The lowest BCUT2D eigenvalue weighted by atomic mass is 10.1. The fourth-order valence-electron chi connectivity index (χ4n) is 3.92. The van der Waals surface area contributed by atoms with Crippen LogP contribution in [0.25, 0.3) is 0 Å². The van der Waals surface area contributed by atoms with Crippen molar-refractivity contribution in [2.24, 2.45) is 0 Å². The smallest absolute Gasteiger partial charge is 0.231 e. The summed E-state index contributed by atoms with van der Waals surface area (Å²) in [6.45, 7) is 5.62. The van der Waals surface area contributed by atoms with Crippen LogP contribution >= 0.6 is 24.8 Å². The number of para-hydroxylation sites is 1. The van der Waals surface area contributed by atoms with Gasteiger partial charge in [-0.1, -0.05) is 12.1 Å². The highest BCUT2D eigenvalue weighted by Crippen LogP contribution is 2.37. The minimum atomic E-state index is -0.602. The molecule has 0 radical (unpaired) electrons. The van der Waals surface area contributed by atoms with Crippen LogP contribution in [0.15, 0.2) is 36.4 Å². The Balaban J connectivity index is 0.00000193. The Morgan fingerprint density at radius 3 is 2.21 bits per heavy atom. The molecular weight excluding hydrogens is 471 g/mol. The largest absolute Gasteiger partial charge is 0.493 e. The molecule has 2 heterocycles. The molecule has 0 saturated carbocycles. The van der Waals surface area contributed by atoms with E-state index in [1.807, 2.05) is 24.3 Å². The van der Waals surface area contributed by atoms with Crippen molar-refractivity contribution >= 4 is 24.8 Å². The van der Waals surface area contributed by atoms with Gasteiger partial charge in [0.1, 0.15) is 12.7 Å². The van der Waals surface area contributed by atoms with E-state index < -0.39 is 6.10 Å². The molecule has 184 valence electrons. The van der Waals surface area contributed by atoms with Crippen LogP contribution < -0.4 is 23.7 Å². The number of aliphatic hydroxyl groups excluding tert-OH is 1. The topological polar surface area (TPSA) is 72.9 Å². The maximum atomic E-state index is 10.5. The Kier molecular flexibility index (Phi) is 10.7. The minimum Gasteiger partial charge on any atom is -0.493 e. The number of halogens is 2. The van der Waals surface area contributed by atoms with E-state index in [2.05, 4.69) is 21.9 Å². The SMILES string of the molecule is COc1cccc(OC)c1OCC(O)CN1CCN(Cc2ccc3c(c2)OCO3)CC1.Cl.Cl. The van der Waals surface area contributed by atoms with E-state index in [4.69, 9.17) is 23.7 Å². The summed E-state index contributed by atoms with van der Waals surface area (Å²) in [7, 11) is 3.17. The summed E-state index contributed by atoms with van der Waals surface area (Å²) in [5.74, 6) is 3.33. The maximum absolute atomic E-state index is 10.5. The molecule has 1 saturated heterocycles. The molecule has 1 fully saturated rings. The van der Waals surface area contributed by atoms with Crippen LogP contribution in [-0.4, -0.2) is 81.4 Å². The Labute approximate surface area is 207 Å². The highest BCUT2D eigenvalue weighted by Gasteiger charge is 2.21. The third-order valence-corrected chi connectivity index (χ3v) is 5.58. The van der Waals surface area contributed by atoms with E-state index in [9.17, 15) is 5.11 Å². The van der Waals surface area contributed by atoms with Gasteiger partial charge in [-0.2, -0.15) is 0 Å². The fraction of sp³-hybridized carbons (Fsp3) is 0.478. The molecule has 2 aromatic carbocycles. The molecule has 1 atom stereocenters. The van der Waals surface area contributed by atoms with Crippen molar-refractivity contribution in [2.45, 2.75) is 12.6 Å². The van der Waals surface area contributed by atoms with Gasteiger partial charge in [0.2, 0.25) is 12.5 Å². The fourth-order valence-corrected chi connectivity index (χ4v) is 3.92. The number of methoxy groups -OCH3 is 2.